The van der Waals surface area contributed by atoms with Gasteiger partial charge in [-0.1, -0.05) is 60.7 Å². The van der Waals surface area contributed by atoms with Crippen LogP contribution in [0, 0.1) is 0 Å². The molecule has 3 heterocycles. The van der Waals surface area contributed by atoms with Gasteiger partial charge in [-0.05, 0) is 97.6 Å². The average Bonchev–Trinajstić information content (AvgIpc) is 3.51. The highest BCUT2D eigenvalue weighted by molar-refractivity contribution is 7.91. The molecule has 1 saturated heterocycles. The summed E-state index contributed by atoms with van der Waals surface area (Å²) in [5, 5.41) is 0. The Morgan fingerprint density at radius 2 is 1.35 bits per heavy atom. The number of nitrogens with zero attached hydrogens (tertiary/aromatic N) is 3. The quantitative estimate of drug-likeness (QED) is 0.157. The maximum atomic E-state index is 13.5. The summed E-state index contributed by atoms with van der Waals surface area (Å²) in [7, 11) is -3.78. The van der Waals surface area contributed by atoms with Gasteiger partial charge < -0.3 is 15.7 Å². The first-order valence-electron chi connectivity index (χ1n) is 16.3. The first kappa shape index (κ1) is 30.7. The first-order valence-corrected chi connectivity index (χ1v) is 17.8. The lowest BCUT2D eigenvalue weighted by Gasteiger charge is -2.32. The van der Waals surface area contributed by atoms with E-state index in [2.05, 4.69) is 51.3 Å². The van der Waals surface area contributed by atoms with E-state index in [4.69, 9.17) is 15.7 Å². The number of hydrogen-bond acceptors (Lipinski definition) is 7. The summed E-state index contributed by atoms with van der Waals surface area (Å²) in [6.07, 6.45) is 2.11. The van der Waals surface area contributed by atoms with E-state index in [-0.39, 0.29) is 15.5 Å². The SMILES string of the molecule is Nc1ccc(S(=O)(=O)c2ccc3nc(-c4ccccc4)c(-c4ccc(CN5CCC(c6ccc7[nH]c(=O)[nH]c7c6)CC5)cc4)nc3c2)cc1. The molecule has 1 aliphatic heterocycles. The number of likely N-dealkylation sites (tertiary alicyclic amines) is 1. The van der Waals surface area contributed by atoms with Gasteiger partial charge in [0.05, 0.1) is 43.2 Å². The van der Waals surface area contributed by atoms with Crippen molar-refractivity contribution in [3.8, 4) is 22.5 Å². The van der Waals surface area contributed by atoms with Crippen molar-refractivity contribution in [2.75, 3.05) is 18.8 Å². The number of piperidine rings is 1. The van der Waals surface area contributed by atoms with Gasteiger partial charge in [-0.2, -0.15) is 0 Å². The van der Waals surface area contributed by atoms with Gasteiger partial charge in [0, 0.05) is 23.4 Å². The average molecular weight is 667 g/mol. The molecule has 244 valence electrons. The zero-order chi connectivity index (χ0) is 33.5. The van der Waals surface area contributed by atoms with Crippen LogP contribution in [0.25, 0.3) is 44.6 Å². The highest BCUT2D eigenvalue weighted by atomic mass is 32.2. The summed E-state index contributed by atoms with van der Waals surface area (Å²) < 4.78 is 26.9. The summed E-state index contributed by atoms with van der Waals surface area (Å²) in [4.78, 5) is 30.2. The van der Waals surface area contributed by atoms with Crippen LogP contribution in [-0.2, 0) is 16.4 Å². The van der Waals surface area contributed by atoms with Crippen LogP contribution in [0.3, 0.4) is 0 Å². The molecule has 9 nitrogen and oxygen atoms in total. The molecule has 2 aromatic heterocycles. The topological polar surface area (TPSA) is 138 Å². The van der Waals surface area contributed by atoms with Gasteiger partial charge in [-0.25, -0.2) is 23.2 Å². The molecule has 0 spiro atoms. The number of aromatic nitrogens is 4. The van der Waals surface area contributed by atoms with Crippen LogP contribution in [0.15, 0.2) is 130 Å². The third-order valence-corrected chi connectivity index (χ3v) is 11.2. The predicted molar refractivity (Wildman–Crippen MR) is 193 cm³/mol. The maximum Gasteiger partial charge on any atom is 0.323 e. The smallest absolute Gasteiger partial charge is 0.323 e. The van der Waals surface area contributed by atoms with E-state index in [1.807, 2.05) is 36.4 Å². The molecule has 0 bridgehead atoms. The Labute approximate surface area is 283 Å². The van der Waals surface area contributed by atoms with Crippen LogP contribution in [0.2, 0.25) is 0 Å². The summed E-state index contributed by atoms with van der Waals surface area (Å²) in [6.45, 7) is 2.83. The molecule has 0 unspecified atom stereocenters. The molecule has 7 aromatic rings. The van der Waals surface area contributed by atoms with Crippen molar-refractivity contribution in [2.45, 2.75) is 35.1 Å². The van der Waals surface area contributed by atoms with Crippen molar-refractivity contribution in [2.24, 2.45) is 0 Å². The number of fused-ring (bicyclic) bond motifs is 2. The van der Waals surface area contributed by atoms with E-state index in [1.165, 1.54) is 23.3 Å². The van der Waals surface area contributed by atoms with Gasteiger partial charge >= 0.3 is 5.69 Å². The fourth-order valence-electron chi connectivity index (χ4n) is 6.74. The van der Waals surface area contributed by atoms with E-state index in [9.17, 15) is 13.2 Å². The van der Waals surface area contributed by atoms with Gasteiger partial charge in [0.15, 0.2) is 0 Å². The van der Waals surface area contributed by atoms with Crippen molar-refractivity contribution >= 4 is 37.6 Å². The minimum Gasteiger partial charge on any atom is -0.399 e. The largest absolute Gasteiger partial charge is 0.399 e. The Morgan fingerprint density at radius 1 is 0.694 bits per heavy atom. The third kappa shape index (κ3) is 6.12. The number of aromatic amines is 2. The minimum atomic E-state index is -3.78. The Bertz CT molecular complexity index is 2470. The number of anilines is 1. The first-order chi connectivity index (χ1) is 23.8. The lowest BCUT2D eigenvalue weighted by atomic mass is 9.89. The van der Waals surface area contributed by atoms with Gasteiger partial charge in [0.2, 0.25) is 9.84 Å². The van der Waals surface area contributed by atoms with Crippen LogP contribution in [0.5, 0.6) is 0 Å². The number of nitrogens with one attached hydrogen (secondary N) is 2. The number of sulfone groups is 1. The summed E-state index contributed by atoms with van der Waals surface area (Å²) in [6, 6.07) is 35.7. The molecule has 1 aliphatic rings. The summed E-state index contributed by atoms with van der Waals surface area (Å²) >= 11 is 0. The fraction of sp³-hybridized carbons (Fsp3) is 0.154. The molecule has 0 atom stereocenters. The lowest BCUT2D eigenvalue weighted by Crippen LogP contribution is -2.32. The highest BCUT2D eigenvalue weighted by Gasteiger charge is 2.22. The molecule has 49 heavy (non-hydrogen) atoms. The second-order valence-corrected chi connectivity index (χ2v) is 14.6. The monoisotopic (exact) mass is 666 g/mol. The number of nitrogen functional groups attached to an aromatic ring is 1. The van der Waals surface area contributed by atoms with Gasteiger partial charge in [-0.15, -0.1) is 0 Å². The fourth-order valence-corrected chi connectivity index (χ4v) is 8.02. The molecule has 0 saturated carbocycles. The van der Waals surface area contributed by atoms with Crippen LogP contribution >= 0.6 is 0 Å². The third-order valence-electron chi connectivity index (χ3n) is 9.42. The van der Waals surface area contributed by atoms with Crippen LogP contribution in [0.1, 0.15) is 29.9 Å². The van der Waals surface area contributed by atoms with E-state index < -0.39 is 9.84 Å². The Morgan fingerprint density at radius 3 is 2.08 bits per heavy atom. The molecule has 10 heteroatoms. The van der Waals surface area contributed by atoms with Crippen molar-refractivity contribution in [3.63, 3.8) is 0 Å². The normalized spacial score (nSPS) is 14.4. The molecule has 5 aromatic carbocycles. The molecule has 1 fully saturated rings. The van der Waals surface area contributed by atoms with E-state index in [0.717, 1.165) is 60.3 Å². The van der Waals surface area contributed by atoms with E-state index in [0.29, 0.717) is 28.3 Å². The van der Waals surface area contributed by atoms with Crippen molar-refractivity contribution in [1.82, 2.24) is 24.8 Å². The second-order valence-electron chi connectivity index (χ2n) is 12.6. The van der Waals surface area contributed by atoms with E-state index in [1.54, 1.807) is 30.3 Å². The number of rotatable bonds is 7. The van der Waals surface area contributed by atoms with Crippen LogP contribution < -0.4 is 11.4 Å². The van der Waals surface area contributed by atoms with E-state index >= 15 is 0 Å². The zero-order valence-electron chi connectivity index (χ0n) is 26.6. The molecule has 4 N–H and O–H groups in total. The number of hydrogen-bond donors (Lipinski definition) is 3. The van der Waals surface area contributed by atoms with Crippen molar-refractivity contribution < 1.29 is 8.42 Å². The Balaban J connectivity index is 1.05. The minimum absolute atomic E-state index is 0.150. The van der Waals surface area contributed by atoms with Gasteiger partial charge in [0.1, 0.15) is 0 Å². The second kappa shape index (κ2) is 12.5. The van der Waals surface area contributed by atoms with Crippen molar-refractivity contribution in [3.05, 3.63) is 137 Å². The standard InChI is InChI=1S/C39H34N6O3S/c40-30-11-13-31(14-12-30)49(47,48)32-15-17-33-36(23-32)42-38(37(41-33)27-4-2-1-3-5-27)28-8-6-25(7-9-28)24-45-20-18-26(19-21-45)29-10-16-34-35(22-29)44-39(46)43-34/h1-17,22-23,26H,18-21,24,40H2,(H2,43,44,46). The number of nitrogens with two attached hydrogens (primary N) is 1. The lowest BCUT2D eigenvalue weighted by molar-refractivity contribution is 0.204. The molecule has 0 amide bonds. The van der Waals surface area contributed by atoms with Gasteiger partial charge in [0.25, 0.3) is 0 Å². The molecule has 8 rings (SSSR count). The molecular weight excluding hydrogens is 633 g/mol. The Kier molecular flexibility index (Phi) is 7.82. The van der Waals surface area contributed by atoms with Crippen molar-refractivity contribution in [1.29, 1.82) is 0 Å². The summed E-state index contributed by atoms with van der Waals surface area (Å²) in [5.74, 6) is 0.464. The van der Waals surface area contributed by atoms with Gasteiger partial charge in [-0.3, -0.25) is 4.90 Å². The molecule has 0 aliphatic carbocycles. The van der Waals surface area contributed by atoms with Crippen LogP contribution in [-0.4, -0.2) is 46.3 Å². The zero-order valence-corrected chi connectivity index (χ0v) is 27.5. The molecular formula is C39H34N6O3S. The molecule has 0 radical (unpaired) electrons. The highest BCUT2D eigenvalue weighted by Crippen LogP contribution is 2.34. The predicted octanol–water partition coefficient (Wildman–Crippen LogP) is 6.93. The number of imidazole rings is 1. The maximum absolute atomic E-state index is 13.5. The summed E-state index contributed by atoms with van der Waals surface area (Å²) in [5.41, 5.74) is 14.7. The Hall–Kier alpha value is -5.58. The number of benzene rings is 5. The number of H-pyrrole nitrogens is 2. The van der Waals surface area contributed by atoms with Crippen LogP contribution in [0.4, 0.5) is 5.69 Å².